The van der Waals surface area contributed by atoms with Crippen molar-refractivity contribution in [1.29, 1.82) is 0 Å². The van der Waals surface area contributed by atoms with Gasteiger partial charge in [-0.15, -0.1) is 0 Å². The van der Waals surface area contributed by atoms with Crippen molar-refractivity contribution < 1.29 is 9.90 Å². The fourth-order valence-electron chi connectivity index (χ4n) is 2.56. The van der Waals surface area contributed by atoms with Gasteiger partial charge >= 0.3 is 5.97 Å². The van der Waals surface area contributed by atoms with Crippen molar-refractivity contribution in [3.63, 3.8) is 0 Å². The Balaban J connectivity index is 1.75. The average molecular weight is 198 g/mol. The molecule has 0 aromatic rings. The number of carboxylic acid groups (broad SMARTS) is 1. The Morgan fingerprint density at radius 3 is 2.79 bits per heavy atom. The molecule has 4 nitrogen and oxygen atoms in total. The first-order valence-corrected chi connectivity index (χ1v) is 5.42. The van der Waals surface area contributed by atoms with Crippen LogP contribution in [0.1, 0.15) is 19.3 Å². The van der Waals surface area contributed by atoms with Crippen molar-refractivity contribution in [2.75, 3.05) is 19.6 Å². The minimum Gasteiger partial charge on any atom is -0.480 e. The molecule has 0 spiro atoms. The summed E-state index contributed by atoms with van der Waals surface area (Å²) in [6.07, 6.45) is 3.25. The van der Waals surface area contributed by atoms with Gasteiger partial charge in [0.25, 0.3) is 0 Å². The van der Waals surface area contributed by atoms with Crippen LogP contribution in [0.2, 0.25) is 0 Å². The third-order valence-electron chi connectivity index (χ3n) is 3.35. The molecule has 3 atom stereocenters. The van der Waals surface area contributed by atoms with Crippen LogP contribution in [-0.4, -0.2) is 36.8 Å². The van der Waals surface area contributed by atoms with Crippen molar-refractivity contribution in [3.05, 3.63) is 0 Å². The van der Waals surface area contributed by atoms with Crippen LogP contribution in [0.15, 0.2) is 0 Å². The molecule has 2 rings (SSSR count). The summed E-state index contributed by atoms with van der Waals surface area (Å²) >= 11 is 0. The van der Waals surface area contributed by atoms with Gasteiger partial charge in [-0.05, 0) is 50.7 Å². The molecule has 2 saturated heterocycles. The van der Waals surface area contributed by atoms with Gasteiger partial charge in [0.1, 0.15) is 6.04 Å². The summed E-state index contributed by atoms with van der Waals surface area (Å²) in [7, 11) is 0. The number of carbonyl (C=O) groups is 1. The minimum absolute atomic E-state index is 0.297. The fourth-order valence-corrected chi connectivity index (χ4v) is 2.56. The first-order chi connectivity index (χ1) is 6.75. The molecule has 2 heterocycles. The summed E-state index contributed by atoms with van der Waals surface area (Å²) in [6.45, 7) is 3.13. The normalized spacial score (nSPS) is 37.6. The van der Waals surface area contributed by atoms with Crippen molar-refractivity contribution in [2.24, 2.45) is 11.8 Å². The summed E-state index contributed by atoms with van der Waals surface area (Å²) in [5, 5.41) is 15.2. The molecule has 2 fully saturated rings. The number of rotatable bonds is 3. The van der Waals surface area contributed by atoms with Crippen LogP contribution in [0.4, 0.5) is 0 Å². The van der Waals surface area contributed by atoms with E-state index >= 15 is 0 Å². The van der Waals surface area contributed by atoms with Gasteiger partial charge in [0.05, 0.1) is 0 Å². The molecule has 2 aliphatic heterocycles. The highest BCUT2D eigenvalue weighted by Crippen LogP contribution is 2.25. The van der Waals surface area contributed by atoms with E-state index in [0.717, 1.165) is 32.0 Å². The highest BCUT2D eigenvalue weighted by Gasteiger charge is 2.31. The third-order valence-corrected chi connectivity index (χ3v) is 3.35. The number of aliphatic carboxylic acids is 1. The van der Waals surface area contributed by atoms with E-state index in [0.29, 0.717) is 5.92 Å². The molecule has 2 aliphatic rings. The zero-order chi connectivity index (χ0) is 9.97. The maximum Gasteiger partial charge on any atom is 0.320 e. The van der Waals surface area contributed by atoms with Gasteiger partial charge in [-0.3, -0.25) is 4.79 Å². The van der Waals surface area contributed by atoms with Crippen molar-refractivity contribution >= 4 is 5.97 Å². The molecule has 0 saturated carbocycles. The van der Waals surface area contributed by atoms with E-state index in [9.17, 15) is 4.79 Å². The quantitative estimate of drug-likeness (QED) is 0.599. The Morgan fingerprint density at radius 1 is 1.36 bits per heavy atom. The second-order valence-corrected chi connectivity index (χ2v) is 4.50. The lowest BCUT2D eigenvalue weighted by molar-refractivity contribution is -0.139. The molecular weight excluding hydrogens is 180 g/mol. The fraction of sp³-hybridized carbons (Fsp3) is 0.900. The molecule has 0 aliphatic carbocycles. The first kappa shape index (κ1) is 9.93. The second-order valence-electron chi connectivity index (χ2n) is 4.50. The molecule has 0 radical (unpaired) electrons. The highest BCUT2D eigenvalue weighted by molar-refractivity contribution is 5.73. The Hall–Kier alpha value is -0.610. The number of carboxylic acids is 1. The van der Waals surface area contributed by atoms with Gasteiger partial charge in [0.2, 0.25) is 0 Å². The van der Waals surface area contributed by atoms with E-state index < -0.39 is 5.97 Å². The second kappa shape index (κ2) is 4.28. The summed E-state index contributed by atoms with van der Waals surface area (Å²) < 4.78 is 0. The van der Waals surface area contributed by atoms with Crippen LogP contribution >= 0.6 is 0 Å². The molecule has 0 aromatic carbocycles. The van der Waals surface area contributed by atoms with Crippen molar-refractivity contribution in [1.82, 2.24) is 10.6 Å². The van der Waals surface area contributed by atoms with Crippen molar-refractivity contribution in [3.8, 4) is 0 Å². The molecule has 3 N–H and O–H groups in total. The zero-order valence-electron chi connectivity index (χ0n) is 8.33. The van der Waals surface area contributed by atoms with Gasteiger partial charge in [-0.2, -0.15) is 0 Å². The van der Waals surface area contributed by atoms with Crippen LogP contribution in [0.5, 0.6) is 0 Å². The number of hydrogen-bond acceptors (Lipinski definition) is 3. The van der Waals surface area contributed by atoms with E-state index in [1.165, 1.54) is 12.8 Å². The van der Waals surface area contributed by atoms with Gasteiger partial charge in [0, 0.05) is 0 Å². The van der Waals surface area contributed by atoms with E-state index in [4.69, 9.17) is 5.11 Å². The SMILES string of the molecule is O=C(O)C1CC(CC2CCNC2)CN1. The molecular formula is C10H18N2O2. The number of hydrogen-bond donors (Lipinski definition) is 3. The Kier molecular flexibility index (Phi) is 3.03. The summed E-state index contributed by atoms with van der Waals surface area (Å²) in [5.74, 6) is 0.646. The lowest BCUT2D eigenvalue weighted by atomic mass is 9.92. The predicted molar refractivity (Wildman–Crippen MR) is 53.1 cm³/mol. The largest absolute Gasteiger partial charge is 0.480 e. The van der Waals surface area contributed by atoms with E-state index in [1.54, 1.807) is 0 Å². The molecule has 4 heteroatoms. The lowest BCUT2D eigenvalue weighted by Gasteiger charge is -2.13. The van der Waals surface area contributed by atoms with Gasteiger partial charge in [-0.1, -0.05) is 0 Å². The van der Waals surface area contributed by atoms with Gasteiger partial charge in [-0.25, -0.2) is 0 Å². The highest BCUT2D eigenvalue weighted by atomic mass is 16.4. The van der Waals surface area contributed by atoms with Crippen LogP contribution in [-0.2, 0) is 4.79 Å². The standard InChI is InChI=1S/C10H18N2O2/c13-10(14)9-4-8(6-12-9)3-7-1-2-11-5-7/h7-9,11-12H,1-6H2,(H,13,14). The van der Waals surface area contributed by atoms with Crippen LogP contribution < -0.4 is 10.6 Å². The number of nitrogens with one attached hydrogen (secondary N) is 2. The molecule has 0 amide bonds. The Labute approximate surface area is 84.1 Å². The molecule has 0 aromatic heterocycles. The lowest BCUT2D eigenvalue weighted by Crippen LogP contribution is -2.29. The molecule has 3 unspecified atom stereocenters. The summed E-state index contributed by atoms with van der Waals surface area (Å²) in [6, 6.07) is -0.297. The van der Waals surface area contributed by atoms with Crippen LogP contribution in [0.3, 0.4) is 0 Å². The third kappa shape index (κ3) is 2.25. The van der Waals surface area contributed by atoms with Gasteiger partial charge < -0.3 is 15.7 Å². The van der Waals surface area contributed by atoms with Crippen molar-refractivity contribution in [2.45, 2.75) is 25.3 Å². The molecule has 80 valence electrons. The van der Waals surface area contributed by atoms with E-state index in [-0.39, 0.29) is 6.04 Å². The smallest absolute Gasteiger partial charge is 0.320 e. The van der Waals surface area contributed by atoms with E-state index in [1.807, 2.05) is 0 Å². The molecule has 14 heavy (non-hydrogen) atoms. The Morgan fingerprint density at radius 2 is 2.21 bits per heavy atom. The minimum atomic E-state index is -0.697. The first-order valence-electron chi connectivity index (χ1n) is 5.42. The Bertz CT molecular complexity index is 214. The van der Waals surface area contributed by atoms with Gasteiger partial charge in [0.15, 0.2) is 0 Å². The molecule has 0 bridgehead atoms. The monoisotopic (exact) mass is 198 g/mol. The predicted octanol–water partition coefficient (Wildman–Crippen LogP) is 0.0487. The zero-order valence-corrected chi connectivity index (χ0v) is 8.33. The summed E-state index contributed by atoms with van der Waals surface area (Å²) in [5.41, 5.74) is 0. The van der Waals surface area contributed by atoms with Crippen LogP contribution in [0.25, 0.3) is 0 Å². The van der Waals surface area contributed by atoms with Crippen LogP contribution in [0, 0.1) is 11.8 Å². The van der Waals surface area contributed by atoms with E-state index in [2.05, 4.69) is 10.6 Å². The average Bonchev–Trinajstić information content (AvgIpc) is 2.75. The topological polar surface area (TPSA) is 61.4 Å². The summed E-state index contributed by atoms with van der Waals surface area (Å²) in [4.78, 5) is 10.7. The maximum absolute atomic E-state index is 10.7. The maximum atomic E-state index is 10.7.